The molecular weight excluding hydrogens is 384 g/mol. The Balaban J connectivity index is 1.34. The second-order valence-corrected chi connectivity index (χ2v) is 10.3. The largest absolute Gasteiger partial charge is 0.455 e. The number of nitrogens with one attached hydrogen (secondary N) is 1. The molecule has 7 nitrogen and oxygen atoms in total. The van der Waals surface area contributed by atoms with Gasteiger partial charge < -0.3 is 15.2 Å². The maximum atomic E-state index is 13.1. The summed E-state index contributed by atoms with van der Waals surface area (Å²) in [7, 11) is 0. The first-order valence-corrected chi connectivity index (χ1v) is 10.8. The summed E-state index contributed by atoms with van der Waals surface area (Å²) in [6, 6.07) is 7.10. The molecule has 4 aliphatic carbocycles. The minimum Gasteiger partial charge on any atom is -0.455 e. The Hall–Kier alpha value is -2.41. The van der Waals surface area contributed by atoms with Crippen molar-refractivity contribution in [3.63, 3.8) is 0 Å². The van der Waals surface area contributed by atoms with Crippen molar-refractivity contribution < 1.29 is 24.2 Å². The number of hydrogen-bond acceptors (Lipinski definition) is 5. The molecule has 4 saturated carbocycles. The Morgan fingerprint density at radius 3 is 2.50 bits per heavy atom. The van der Waals surface area contributed by atoms with Crippen LogP contribution in [-0.4, -0.2) is 40.6 Å². The summed E-state index contributed by atoms with van der Waals surface area (Å²) < 4.78 is 5.56. The summed E-state index contributed by atoms with van der Waals surface area (Å²) >= 11 is 0. The molecule has 0 saturated heterocycles. The number of para-hydroxylation sites is 2. The van der Waals surface area contributed by atoms with Gasteiger partial charge in [0.15, 0.2) is 6.61 Å². The number of amides is 2. The summed E-state index contributed by atoms with van der Waals surface area (Å²) in [6.07, 6.45) is 4.51. The Morgan fingerprint density at radius 2 is 1.83 bits per heavy atom. The highest BCUT2D eigenvalue weighted by Crippen LogP contribution is 2.62. The number of fused-ring (bicyclic) bond motifs is 1. The number of esters is 1. The van der Waals surface area contributed by atoms with Gasteiger partial charge in [0.25, 0.3) is 5.91 Å². The molecule has 4 bridgehead atoms. The Labute approximate surface area is 175 Å². The maximum absolute atomic E-state index is 13.1. The van der Waals surface area contributed by atoms with Crippen LogP contribution in [0.2, 0.25) is 0 Å². The van der Waals surface area contributed by atoms with Gasteiger partial charge in [-0.2, -0.15) is 0 Å². The predicted molar refractivity (Wildman–Crippen MR) is 110 cm³/mol. The topological polar surface area (TPSA) is 95.9 Å². The molecular formula is C23H28N2O5. The van der Waals surface area contributed by atoms with E-state index >= 15 is 0 Å². The zero-order valence-corrected chi connectivity index (χ0v) is 17.4. The lowest BCUT2D eigenvalue weighted by Gasteiger charge is -2.58. The SMILES string of the molecule is CC1(C)C(=O)Nc2ccccc2N1C(=O)COC(=O)C12C[C@H]3C[C@@H](CC(O)(C3)C1)C2. The van der Waals surface area contributed by atoms with E-state index < -0.39 is 29.1 Å². The molecule has 1 heterocycles. The number of anilines is 2. The second-order valence-electron chi connectivity index (χ2n) is 10.3. The molecule has 1 aromatic carbocycles. The van der Waals surface area contributed by atoms with Crippen molar-refractivity contribution in [2.24, 2.45) is 17.3 Å². The lowest BCUT2D eigenvalue weighted by molar-refractivity contribution is -0.196. The van der Waals surface area contributed by atoms with Crippen molar-refractivity contribution in [2.75, 3.05) is 16.8 Å². The number of carbonyl (C=O) groups excluding carboxylic acids is 3. The maximum Gasteiger partial charge on any atom is 0.312 e. The quantitative estimate of drug-likeness (QED) is 0.744. The highest BCUT2D eigenvalue weighted by atomic mass is 16.5. The van der Waals surface area contributed by atoms with Crippen LogP contribution in [-0.2, 0) is 19.1 Å². The van der Waals surface area contributed by atoms with Crippen molar-refractivity contribution in [3.05, 3.63) is 24.3 Å². The van der Waals surface area contributed by atoms with Crippen molar-refractivity contribution in [3.8, 4) is 0 Å². The van der Waals surface area contributed by atoms with Gasteiger partial charge in [-0.25, -0.2) is 0 Å². The molecule has 7 heteroatoms. The molecule has 1 aromatic rings. The number of benzene rings is 1. The molecule has 30 heavy (non-hydrogen) atoms. The van der Waals surface area contributed by atoms with Crippen LogP contribution in [0.25, 0.3) is 0 Å². The fourth-order valence-corrected chi connectivity index (χ4v) is 6.70. The molecule has 0 radical (unpaired) electrons. The van der Waals surface area contributed by atoms with Gasteiger partial charge in [-0.05, 0) is 76.3 Å². The number of aliphatic hydroxyl groups is 1. The van der Waals surface area contributed by atoms with E-state index in [0.29, 0.717) is 29.6 Å². The smallest absolute Gasteiger partial charge is 0.312 e. The normalized spacial score (nSPS) is 35.6. The molecule has 2 N–H and O–H groups in total. The van der Waals surface area contributed by atoms with Crippen LogP contribution >= 0.6 is 0 Å². The van der Waals surface area contributed by atoms with Crippen molar-refractivity contribution in [2.45, 2.75) is 63.5 Å². The van der Waals surface area contributed by atoms with Gasteiger partial charge in [-0.15, -0.1) is 0 Å². The minimum atomic E-state index is -1.10. The standard InChI is InChI=1S/C23H28N2O5/c1-21(2)19(27)24-16-5-3-4-6-17(16)25(21)18(26)12-30-20(28)22-8-14-7-15(9-22)11-23(29,10-14)13-22/h3-6,14-15,29H,7-13H2,1-2H3,(H,24,27)/t14-,15-,22?,23?/m1/s1. The van der Waals surface area contributed by atoms with Crippen molar-refractivity contribution in [1.29, 1.82) is 0 Å². The summed E-state index contributed by atoms with van der Waals surface area (Å²) in [5, 5.41) is 13.7. The Bertz CT molecular complexity index is 925. The summed E-state index contributed by atoms with van der Waals surface area (Å²) in [5.74, 6) is -0.383. The second kappa shape index (κ2) is 6.30. The van der Waals surface area contributed by atoms with Gasteiger partial charge in [0.2, 0.25) is 5.91 Å². The molecule has 160 valence electrons. The van der Waals surface area contributed by atoms with E-state index in [0.717, 1.165) is 32.1 Å². The van der Waals surface area contributed by atoms with Gasteiger partial charge in [0.05, 0.1) is 22.4 Å². The van der Waals surface area contributed by atoms with Crippen LogP contribution in [0.1, 0.15) is 52.4 Å². The minimum absolute atomic E-state index is 0.288. The molecule has 5 aliphatic rings. The summed E-state index contributed by atoms with van der Waals surface area (Å²) in [6.45, 7) is 2.93. The third kappa shape index (κ3) is 2.86. The van der Waals surface area contributed by atoms with E-state index in [1.54, 1.807) is 38.1 Å². The molecule has 0 unspecified atom stereocenters. The molecule has 2 atom stereocenters. The third-order valence-electron chi connectivity index (χ3n) is 7.55. The first kappa shape index (κ1) is 19.5. The third-order valence-corrected chi connectivity index (χ3v) is 7.55. The zero-order chi connectivity index (χ0) is 21.3. The number of carbonyl (C=O) groups is 3. The van der Waals surface area contributed by atoms with Crippen LogP contribution in [0.3, 0.4) is 0 Å². The van der Waals surface area contributed by atoms with Crippen LogP contribution in [0, 0.1) is 17.3 Å². The molecule has 0 spiro atoms. The zero-order valence-electron chi connectivity index (χ0n) is 17.4. The predicted octanol–water partition coefficient (Wildman–Crippen LogP) is 2.62. The lowest BCUT2D eigenvalue weighted by Crippen LogP contribution is -2.60. The average molecular weight is 412 g/mol. The summed E-state index contributed by atoms with van der Waals surface area (Å²) in [4.78, 5) is 40.2. The van der Waals surface area contributed by atoms with Gasteiger partial charge in [0.1, 0.15) is 5.54 Å². The average Bonchev–Trinajstić information content (AvgIpc) is 2.64. The van der Waals surface area contributed by atoms with Crippen molar-refractivity contribution in [1.82, 2.24) is 0 Å². The highest BCUT2D eigenvalue weighted by molar-refractivity contribution is 6.14. The molecule has 6 rings (SSSR count). The van der Waals surface area contributed by atoms with Crippen LogP contribution < -0.4 is 10.2 Å². The van der Waals surface area contributed by atoms with E-state index in [9.17, 15) is 19.5 Å². The first-order chi connectivity index (χ1) is 14.1. The molecule has 2 amide bonds. The van der Waals surface area contributed by atoms with E-state index in [-0.39, 0.29) is 11.9 Å². The van der Waals surface area contributed by atoms with Gasteiger partial charge >= 0.3 is 5.97 Å². The number of ether oxygens (including phenoxy) is 1. The molecule has 1 aliphatic heterocycles. The van der Waals surface area contributed by atoms with E-state index in [1.807, 2.05) is 0 Å². The van der Waals surface area contributed by atoms with Crippen LogP contribution in [0.4, 0.5) is 11.4 Å². The van der Waals surface area contributed by atoms with Gasteiger partial charge in [-0.3, -0.25) is 19.3 Å². The van der Waals surface area contributed by atoms with Gasteiger partial charge in [0, 0.05) is 0 Å². The van der Waals surface area contributed by atoms with E-state index in [2.05, 4.69) is 5.32 Å². The van der Waals surface area contributed by atoms with Crippen LogP contribution in [0.15, 0.2) is 24.3 Å². The Kier molecular flexibility index (Phi) is 4.10. The van der Waals surface area contributed by atoms with E-state index in [4.69, 9.17) is 4.74 Å². The van der Waals surface area contributed by atoms with E-state index in [1.165, 1.54) is 4.90 Å². The first-order valence-electron chi connectivity index (χ1n) is 10.8. The highest BCUT2D eigenvalue weighted by Gasteiger charge is 2.61. The lowest BCUT2D eigenvalue weighted by atomic mass is 9.48. The van der Waals surface area contributed by atoms with Gasteiger partial charge in [-0.1, -0.05) is 12.1 Å². The fourth-order valence-electron chi connectivity index (χ4n) is 6.70. The monoisotopic (exact) mass is 412 g/mol. The Morgan fingerprint density at radius 1 is 1.17 bits per heavy atom. The number of nitrogens with zero attached hydrogens (tertiary/aromatic N) is 1. The van der Waals surface area contributed by atoms with Crippen molar-refractivity contribution >= 4 is 29.2 Å². The number of rotatable bonds is 3. The summed E-state index contributed by atoms with van der Waals surface area (Å²) in [5.41, 5.74) is -1.39. The van der Waals surface area contributed by atoms with Crippen LogP contribution in [0.5, 0.6) is 0 Å². The molecule has 0 aromatic heterocycles. The number of hydrogen-bond donors (Lipinski definition) is 2. The molecule has 4 fully saturated rings. The fraction of sp³-hybridized carbons (Fsp3) is 0.609.